The molecule has 2 N–H and O–H groups in total. The minimum absolute atomic E-state index is 0.0369. The highest BCUT2D eigenvalue weighted by Crippen LogP contribution is 2.29. The van der Waals surface area contributed by atoms with E-state index in [9.17, 15) is 14.4 Å². The smallest absolute Gasteiger partial charge is 0.265 e. The summed E-state index contributed by atoms with van der Waals surface area (Å²) in [7, 11) is 1.61. The zero-order valence-corrected chi connectivity index (χ0v) is 22.9. The van der Waals surface area contributed by atoms with Gasteiger partial charge in [0.1, 0.15) is 17.8 Å². The summed E-state index contributed by atoms with van der Waals surface area (Å²) in [6.07, 6.45) is 5.87. The van der Waals surface area contributed by atoms with E-state index in [0.717, 1.165) is 5.57 Å². The molecule has 0 spiro atoms. The molecular weight excluding hydrogens is 494 g/mol. The molecule has 0 unspecified atom stereocenters. The molecule has 0 radical (unpaired) electrons. The zero-order valence-electron chi connectivity index (χ0n) is 22.2. The lowest BCUT2D eigenvalue weighted by Gasteiger charge is -2.45. The third-order valence-corrected chi connectivity index (χ3v) is 6.27. The van der Waals surface area contributed by atoms with Crippen molar-refractivity contribution in [2.75, 3.05) is 45.2 Å². The fraction of sp³-hybridized carbons (Fsp3) is 0.481. The maximum absolute atomic E-state index is 13.5. The minimum Gasteiger partial charge on any atom is -0.383 e. The van der Waals surface area contributed by atoms with Crippen LogP contribution in [0.3, 0.4) is 0 Å². The van der Waals surface area contributed by atoms with E-state index in [2.05, 4.69) is 29.5 Å². The Labute approximate surface area is 222 Å². The average molecular weight is 530 g/mol. The first-order valence-corrected chi connectivity index (χ1v) is 12.7. The van der Waals surface area contributed by atoms with Gasteiger partial charge in [0.25, 0.3) is 11.5 Å². The summed E-state index contributed by atoms with van der Waals surface area (Å²) in [6, 6.07) is 3.32. The highest BCUT2D eigenvalue weighted by Gasteiger charge is 2.37. The Kier molecular flexibility index (Phi) is 9.50. The Morgan fingerprint density at radius 1 is 1.22 bits per heavy atom. The predicted octanol–water partition coefficient (Wildman–Crippen LogP) is 3.53. The first-order chi connectivity index (χ1) is 17.5. The molecule has 0 bridgehead atoms. The maximum atomic E-state index is 13.5. The van der Waals surface area contributed by atoms with Crippen LogP contribution in [0.4, 0.5) is 5.69 Å². The maximum Gasteiger partial charge on any atom is 0.265 e. The number of pyridine rings is 2. The van der Waals surface area contributed by atoms with Crippen molar-refractivity contribution in [3.8, 4) is 0 Å². The number of allylic oxidation sites excluding steroid dienone is 3. The summed E-state index contributed by atoms with van der Waals surface area (Å²) in [6.45, 7) is 10.3. The van der Waals surface area contributed by atoms with Crippen molar-refractivity contribution in [3.63, 3.8) is 0 Å². The molecule has 1 aliphatic rings. The van der Waals surface area contributed by atoms with Crippen molar-refractivity contribution < 1.29 is 14.3 Å². The number of nitrogens with one attached hydrogen (secondary N) is 2. The number of methoxy groups -OCH3 is 1. The fourth-order valence-electron chi connectivity index (χ4n) is 4.23. The van der Waals surface area contributed by atoms with Crippen molar-refractivity contribution in [1.29, 1.82) is 0 Å². The standard InChI is InChI=1S/C27H36ClN5O4/c1-18(6-7-19(2)28)8-10-31-25(35)21-14-20-22(29-12-13-37-5)9-11-30-24(20)33(26(21)36)15-23(34)32-16-27(3,4)17-32/h6-7,9,11,14H,8,10,12-13,15-17H2,1-5H3,(H,29,30)(H,31,35). The second-order valence-corrected chi connectivity index (χ2v) is 10.7. The number of aromatic nitrogens is 2. The second-order valence-electron chi connectivity index (χ2n) is 10.2. The number of hydrogen-bond donors (Lipinski definition) is 2. The normalized spacial score (nSPS) is 15.5. The molecule has 1 fully saturated rings. The number of anilines is 1. The topological polar surface area (TPSA) is 106 Å². The van der Waals surface area contributed by atoms with Crippen LogP contribution in [0.1, 0.15) is 44.5 Å². The lowest BCUT2D eigenvalue weighted by molar-refractivity contribution is -0.142. The number of halogens is 1. The van der Waals surface area contributed by atoms with E-state index in [-0.39, 0.29) is 23.4 Å². The van der Waals surface area contributed by atoms with Gasteiger partial charge in [0.15, 0.2) is 0 Å². The predicted molar refractivity (Wildman–Crippen MR) is 147 cm³/mol. The Bertz CT molecular complexity index is 1270. The van der Waals surface area contributed by atoms with E-state index < -0.39 is 11.5 Å². The van der Waals surface area contributed by atoms with Gasteiger partial charge in [-0.3, -0.25) is 19.0 Å². The number of nitrogens with zero attached hydrogens (tertiary/aromatic N) is 3. The molecule has 3 rings (SSSR count). The van der Waals surface area contributed by atoms with E-state index >= 15 is 0 Å². The van der Waals surface area contributed by atoms with Crippen LogP contribution in [0, 0.1) is 5.41 Å². The summed E-state index contributed by atoms with van der Waals surface area (Å²) < 4.78 is 6.43. The third-order valence-electron chi connectivity index (χ3n) is 6.14. The molecule has 37 heavy (non-hydrogen) atoms. The lowest BCUT2D eigenvalue weighted by Crippen LogP contribution is -2.56. The molecule has 2 amide bonds. The van der Waals surface area contributed by atoms with Gasteiger partial charge in [-0.2, -0.15) is 0 Å². The van der Waals surface area contributed by atoms with Gasteiger partial charge in [0, 0.05) is 55.6 Å². The Morgan fingerprint density at radius 3 is 2.59 bits per heavy atom. The number of amides is 2. The molecule has 0 atom stereocenters. The quantitative estimate of drug-likeness (QED) is 0.341. The van der Waals surface area contributed by atoms with Crippen molar-refractivity contribution >= 4 is 40.1 Å². The van der Waals surface area contributed by atoms with Crippen molar-refractivity contribution in [2.24, 2.45) is 5.41 Å². The first-order valence-electron chi connectivity index (χ1n) is 12.3. The minimum atomic E-state index is -0.548. The van der Waals surface area contributed by atoms with Gasteiger partial charge in [0.2, 0.25) is 5.91 Å². The monoisotopic (exact) mass is 529 g/mol. The van der Waals surface area contributed by atoms with E-state index in [4.69, 9.17) is 16.3 Å². The van der Waals surface area contributed by atoms with Gasteiger partial charge in [-0.1, -0.05) is 37.1 Å². The van der Waals surface area contributed by atoms with Gasteiger partial charge in [-0.15, -0.1) is 0 Å². The van der Waals surface area contributed by atoms with E-state index in [1.165, 1.54) is 4.57 Å². The number of rotatable bonds is 11. The Morgan fingerprint density at radius 2 is 1.95 bits per heavy atom. The highest BCUT2D eigenvalue weighted by atomic mass is 35.5. The van der Waals surface area contributed by atoms with E-state index in [1.54, 1.807) is 43.3 Å². The number of carbonyl (C=O) groups is 2. The van der Waals surface area contributed by atoms with Crippen LogP contribution >= 0.6 is 11.6 Å². The van der Waals surface area contributed by atoms with Gasteiger partial charge in [0.05, 0.1) is 6.61 Å². The van der Waals surface area contributed by atoms with Crippen LogP contribution in [-0.4, -0.2) is 66.2 Å². The van der Waals surface area contributed by atoms with Gasteiger partial charge in [-0.05, 0) is 43.9 Å². The summed E-state index contributed by atoms with van der Waals surface area (Å²) in [5.74, 6) is -0.676. The molecule has 0 aromatic carbocycles. The number of hydrogen-bond acceptors (Lipinski definition) is 6. The van der Waals surface area contributed by atoms with Crippen LogP contribution in [0.2, 0.25) is 0 Å². The summed E-state index contributed by atoms with van der Waals surface area (Å²) >= 11 is 5.87. The SMILES string of the molecule is COCCNc1ccnc2c1cc(C(=O)NCCC(C)=CC=C(C)Cl)c(=O)n2CC(=O)N1CC(C)(C)C1. The van der Waals surface area contributed by atoms with Crippen LogP contribution in [0.25, 0.3) is 11.0 Å². The first kappa shape index (κ1) is 28.4. The third kappa shape index (κ3) is 7.42. The van der Waals surface area contributed by atoms with Crippen LogP contribution in [0.15, 0.2) is 45.9 Å². The summed E-state index contributed by atoms with van der Waals surface area (Å²) in [5.41, 5.74) is 1.56. The van der Waals surface area contributed by atoms with Gasteiger partial charge in [-0.25, -0.2) is 4.98 Å². The Hall–Kier alpha value is -3.17. The van der Waals surface area contributed by atoms with E-state index in [0.29, 0.717) is 61.0 Å². The average Bonchev–Trinajstić information content (AvgIpc) is 2.82. The molecule has 3 heterocycles. The molecule has 0 aliphatic carbocycles. The second kappa shape index (κ2) is 12.4. The van der Waals surface area contributed by atoms with E-state index in [1.807, 2.05) is 13.0 Å². The number of likely N-dealkylation sites (tertiary alicyclic amines) is 1. The summed E-state index contributed by atoms with van der Waals surface area (Å²) in [5, 5.41) is 7.34. The Balaban J connectivity index is 1.92. The molecule has 10 heteroatoms. The van der Waals surface area contributed by atoms with Crippen LogP contribution < -0.4 is 16.2 Å². The van der Waals surface area contributed by atoms with Crippen LogP contribution in [-0.2, 0) is 16.1 Å². The van der Waals surface area contributed by atoms with Gasteiger partial charge < -0.3 is 20.3 Å². The van der Waals surface area contributed by atoms with Crippen molar-refractivity contribution in [1.82, 2.24) is 19.8 Å². The van der Waals surface area contributed by atoms with Crippen LogP contribution in [0.5, 0.6) is 0 Å². The fourth-order valence-corrected chi connectivity index (χ4v) is 4.29. The molecule has 1 saturated heterocycles. The number of carbonyl (C=O) groups excluding carboxylic acids is 2. The molecule has 2 aromatic heterocycles. The molecule has 200 valence electrons. The number of ether oxygens (including phenoxy) is 1. The van der Waals surface area contributed by atoms with Crippen molar-refractivity contribution in [3.05, 3.63) is 57.0 Å². The number of fused-ring (bicyclic) bond motifs is 1. The molecular formula is C27H36ClN5O4. The highest BCUT2D eigenvalue weighted by molar-refractivity contribution is 6.29. The van der Waals surface area contributed by atoms with Crippen molar-refractivity contribution in [2.45, 2.75) is 40.7 Å². The molecule has 2 aromatic rings. The zero-order chi connectivity index (χ0) is 27.2. The summed E-state index contributed by atoms with van der Waals surface area (Å²) in [4.78, 5) is 45.7. The molecule has 1 aliphatic heterocycles. The van der Waals surface area contributed by atoms with Gasteiger partial charge >= 0.3 is 0 Å². The molecule has 0 saturated carbocycles. The lowest BCUT2D eigenvalue weighted by atomic mass is 9.84. The largest absolute Gasteiger partial charge is 0.383 e. The molecule has 9 nitrogen and oxygen atoms in total.